The van der Waals surface area contributed by atoms with Gasteiger partial charge in [-0.3, -0.25) is 19.6 Å². The van der Waals surface area contributed by atoms with E-state index in [0.717, 1.165) is 30.8 Å². The summed E-state index contributed by atoms with van der Waals surface area (Å²) in [6, 6.07) is 5.07. The van der Waals surface area contributed by atoms with Crippen LogP contribution in [0.3, 0.4) is 0 Å². The van der Waals surface area contributed by atoms with Crippen molar-refractivity contribution in [3.63, 3.8) is 0 Å². The summed E-state index contributed by atoms with van der Waals surface area (Å²) in [5, 5.41) is 16.5. The van der Waals surface area contributed by atoms with Crippen molar-refractivity contribution < 1.29 is 19.1 Å². The van der Waals surface area contributed by atoms with E-state index in [-0.39, 0.29) is 11.3 Å². The van der Waals surface area contributed by atoms with Crippen LogP contribution in [0.1, 0.15) is 31.9 Å². The fourth-order valence-electron chi connectivity index (χ4n) is 4.41. The first-order valence-electron chi connectivity index (χ1n) is 9.27. The second-order valence-corrected chi connectivity index (χ2v) is 7.71. The zero-order valence-corrected chi connectivity index (χ0v) is 15.4. The Morgan fingerprint density at radius 2 is 2.11 bits per heavy atom. The van der Waals surface area contributed by atoms with Gasteiger partial charge in [0.1, 0.15) is 17.5 Å². The monoisotopic (exact) mass is 372 g/mol. The Hall–Kier alpha value is -2.61. The summed E-state index contributed by atoms with van der Waals surface area (Å²) in [4.78, 5) is 27.3. The normalized spacial score (nSPS) is 22.4. The SMILES string of the molecule is CC(=O)N1CCC2(CC1)CC(C(=O)O)N(Cc1ccc(-c3ccn[nH]3)o1)C2. The molecule has 4 rings (SSSR count). The number of nitrogens with zero attached hydrogens (tertiary/aromatic N) is 3. The van der Waals surface area contributed by atoms with E-state index in [0.29, 0.717) is 31.8 Å². The number of likely N-dealkylation sites (tertiary alicyclic amines) is 2. The van der Waals surface area contributed by atoms with Crippen LogP contribution in [-0.4, -0.2) is 62.7 Å². The highest BCUT2D eigenvalue weighted by molar-refractivity contribution is 5.74. The average molecular weight is 372 g/mol. The van der Waals surface area contributed by atoms with Crippen LogP contribution in [0, 0.1) is 5.41 Å². The van der Waals surface area contributed by atoms with E-state index in [2.05, 4.69) is 10.2 Å². The lowest BCUT2D eigenvalue weighted by Crippen LogP contribution is -2.43. The molecule has 0 saturated carbocycles. The van der Waals surface area contributed by atoms with Crippen molar-refractivity contribution in [2.75, 3.05) is 19.6 Å². The molecule has 0 bridgehead atoms. The summed E-state index contributed by atoms with van der Waals surface area (Å²) in [5.41, 5.74) is 0.763. The van der Waals surface area contributed by atoms with E-state index in [1.165, 1.54) is 0 Å². The predicted octanol–water partition coefficient (Wildman–Crippen LogP) is 1.96. The molecule has 2 N–H and O–H groups in total. The smallest absolute Gasteiger partial charge is 0.320 e. The Morgan fingerprint density at radius 3 is 2.74 bits per heavy atom. The highest BCUT2D eigenvalue weighted by Gasteiger charge is 2.48. The summed E-state index contributed by atoms with van der Waals surface area (Å²) in [5.74, 6) is 0.736. The summed E-state index contributed by atoms with van der Waals surface area (Å²) >= 11 is 0. The number of H-pyrrole nitrogens is 1. The maximum Gasteiger partial charge on any atom is 0.320 e. The fraction of sp³-hybridized carbons (Fsp3) is 0.526. The maximum atomic E-state index is 11.8. The van der Waals surface area contributed by atoms with E-state index in [9.17, 15) is 14.7 Å². The zero-order chi connectivity index (χ0) is 19.0. The topological polar surface area (TPSA) is 103 Å². The summed E-state index contributed by atoms with van der Waals surface area (Å²) in [6.07, 6.45) is 3.99. The van der Waals surface area contributed by atoms with Gasteiger partial charge in [-0.05, 0) is 42.9 Å². The van der Waals surface area contributed by atoms with Crippen molar-refractivity contribution in [2.24, 2.45) is 5.41 Å². The molecule has 8 nitrogen and oxygen atoms in total. The number of hydrogen-bond acceptors (Lipinski definition) is 5. The fourth-order valence-corrected chi connectivity index (χ4v) is 4.41. The first kappa shape index (κ1) is 17.8. The number of nitrogens with one attached hydrogen (secondary N) is 1. The highest BCUT2D eigenvalue weighted by Crippen LogP contribution is 2.44. The van der Waals surface area contributed by atoms with Gasteiger partial charge in [-0.1, -0.05) is 0 Å². The van der Waals surface area contributed by atoms with Crippen LogP contribution in [0.4, 0.5) is 0 Å². The molecule has 2 fully saturated rings. The van der Waals surface area contributed by atoms with Crippen molar-refractivity contribution in [1.29, 1.82) is 0 Å². The van der Waals surface area contributed by atoms with Gasteiger partial charge in [-0.25, -0.2) is 0 Å². The molecule has 8 heteroatoms. The van der Waals surface area contributed by atoms with Crippen LogP contribution in [-0.2, 0) is 16.1 Å². The molecule has 1 unspecified atom stereocenters. The van der Waals surface area contributed by atoms with Crippen LogP contribution >= 0.6 is 0 Å². The molecule has 0 aromatic carbocycles. The molecule has 0 aliphatic carbocycles. The van der Waals surface area contributed by atoms with Crippen LogP contribution < -0.4 is 0 Å². The van der Waals surface area contributed by atoms with E-state index < -0.39 is 12.0 Å². The lowest BCUT2D eigenvalue weighted by Gasteiger charge is -2.39. The zero-order valence-electron chi connectivity index (χ0n) is 15.4. The van der Waals surface area contributed by atoms with Crippen molar-refractivity contribution in [3.05, 3.63) is 30.2 Å². The summed E-state index contributed by atoms with van der Waals surface area (Å²) in [7, 11) is 0. The van der Waals surface area contributed by atoms with Crippen molar-refractivity contribution in [3.8, 4) is 11.5 Å². The van der Waals surface area contributed by atoms with E-state index in [4.69, 9.17) is 4.42 Å². The Bertz CT molecular complexity index is 821. The molecule has 1 atom stereocenters. The number of hydrogen-bond donors (Lipinski definition) is 2. The van der Waals surface area contributed by atoms with E-state index in [1.807, 2.05) is 28.0 Å². The number of furan rings is 1. The molecule has 2 aromatic heterocycles. The molecule has 2 saturated heterocycles. The van der Waals surface area contributed by atoms with Crippen LogP contribution in [0.25, 0.3) is 11.5 Å². The summed E-state index contributed by atoms with van der Waals surface area (Å²) < 4.78 is 5.88. The summed E-state index contributed by atoms with van der Waals surface area (Å²) in [6.45, 7) is 4.19. The lowest BCUT2D eigenvalue weighted by molar-refractivity contribution is -0.142. The molecule has 2 aliphatic heterocycles. The van der Waals surface area contributed by atoms with Crippen LogP contribution in [0.2, 0.25) is 0 Å². The van der Waals surface area contributed by atoms with Crippen molar-refractivity contribution >= 4 is 11.9 Å². The van der Waals surface area contributed by atoms with Crippen molar-refractivity contribution in [2.45, 2.75) is 38.8 Å². The molecular weight excluding hydrogens is 348 g/mol. The second-order valence-electron chi connectivity index (χ2n) is 7.71. The molecule has 144 valence electrons. The number of piperidine rings is 1. The number of aromatic amines is 1. The first-order chi connectivity index (χ1) is 13.0. The third kappa shape index (κ3) is 3.49. The Labute approximate surface area is 157 Å². The minimum absolute atomic E-state index is 0.0339. The Morgan fingerprint density at radius 1 is 1.33 bits per heavy atom. The molecule has 27 heavy (non-hydrogen) atoms. The number of amides is 1. The number of carboxylic acids is 1. The molecule has 0 radical (unpaired) electrons. The van der Waals surface area contributed by atoms with Gasteiger partial charge in [0.15, 0.2) is 5.76 Å². The standard InChI is InChI=1S/C19H24N4O4/c1-13(24)22-8-5-19(6-9-22)10-16(18(25)26)23(12-19)11-14-2-3-17(27-14)15-4-7-20-21-15/h2-4,7,16H,5-6,8-12H2,1H3,(H,20,21)(H,25,26). The largest absolute Gasteiger partial charge is 0.480 e. The van der Waals surface area contributed by atoms with Crippen molar-refractivity contribution in [1.82, 2.24) is 20.0 Å². The highest BCUT2D eigenvalue weighted by atomic mass is 16.4. The maximum absolute atomic E-state index is 11.8. The minimum Gasteiger partial charge on any atom is -0.480 e. The lowest BCUT2D eigenvalue weighted by atomic mass is 9.76. The third-order valence-corrected chi connectivity index (χ3v) is 5.95. The van der Waals surface area contributed by atoms with Gasteiger partial charge >= 0.3 is 5.97 Å². The molecular formula is C19H24N4O4. The average Bonchev–Trinajstić information content (AvgIpc) is 3.36. The quantitative estimate of drug-likeness (QED) is 0.850. The minimum atomic E-state index is -0.791. The van der Waals surface area contributed by atoms with Gasteiger partial charge in [-0.2, -0.15) is 5.10 Å². The van der Waals surface area contributed by atoms with Crippen LogP contribution in [0.15, 0.2) is 28.8 Å². The van der Waals surface area contributed by atoms with Gasteiger partial charge in [0, 0.05) is 32.8 Å². The number of carbonyl (C=O) groups is 2. The number of carboxylic acid groups (broad SMARTS) is 1. The van der Waals surface area contributed by atoms with Gasteiger partial charge in [0.05, 0.1) is 6.54 Å². The number of aliphatic carboxylic acids is 1. The number of carbonyl (C=O) groups excluding carboxylic acids is 1. The Balaban J connectivity index is 1.47. The number of aromatic nitrogens is 2. The predicted molar refractivity (Wildman–Crippen MR) is 96.7 cm³/mol. The first-order valence-corrected chi connectivity index (χ1v) is 9.27. The second kappa shape index (κ2) is 6.84. The number of rotatable bonds is 4. The van der Waals surface area contributed by atoms with Crippen LogP contribution in [0.5, 0.6) is 0 Å². The van der Waals surface area contributed by atoms with Gasteiger partial charge in [0.2, 0.25) is 5.91 Å². The van der Waals surface area contributed by atoms with E-state index in [1.54, 1.807) is 13.1 Å². The van der Waals surface area contributed by atoms with Gasteiger partial charge in [0.25, 0.3) is 0 Å². The Kier molecular flexibility index (Phi) is 4.51. The molecule has 1 spiro atoms. The van der Waals surface area contributed by atoms with Gasteiger partial charge < -0.3 is 14.4 Å². The third-order valence-electron chi connectivity index (χ3n) is 5.95. The van der Waals surface area contributed by atoms with E-state index >= 15 is 0 Å². The molecule has 2 aromatic rings. The molecule has 4 heterocycles. The molecule has 2 aliphatic rings. The molecule has 1 amide bonds. The van der Waals surface area contributed by atoms with Gasteiger partial charge in [-0.15, -0.1) is 0 Å².